The highest BCUT2D eigenvalue weighted by Gasteiger charge is 2.38. The number of nitrogens with zero attached hydrogens (tertiary/aromatic N) is 1. The maximum absolute atomic E-state index is 6.56. The Balaban J connectivity index is 2.13. The molecule has 1 heterocycles. The molecule has 1 aliphatic rings. The maximum atomic E-state index is 6.56. The molecule has 0 bridgehead atoms. The minimum absolute atomic E-state index is 0.218. The molecule has 2 heteroatoms. The average molecular weight is 246 g/mol. The first-order chi connectivity index (χ1) is 8.52. The van der Waals surface area contributed by atoms with Crippen LogP contribution in [0.5, 0.6) is 0 Å². The Hall–Kier alpha value is -0.890. The van der Waals surface area contributed by atoms with E-state index in [1.807, 2.05) is 12.3 Å². The van der Waals surface area contributed by atoms with Gasteiger partial charge < -0.3 is 5.73 Å². The van der Waals surface area contributed by atoms with Crippen molar-refractivity contribution in [3.63, 3.8) is 0 Å². The zero-order chi connectivity index (χ0) is 13.2. The predicted molar refractivity (Wildman–Crippen MR) is 76.4 cm³/mol. The van der Waals surface area contributed by atoms with Crippen molar-refractivity contribution in [1.82, 2.24) is 4.98 Å². The summed E-state index contributed by atoms with van der Waals surface area (Å²) >= 11 is 0. The Labute approximate surface area is 111 Å². The SMILES string of the molecule is CC(c1ccccn1)C(N)C1CCCCC1(C)C. The van der Waals surface area contributed by atoms with Crippen LogP contribution in [0.4, 0.5) is 0 Å². The summed E-state index contributed by atoms with van der Waals surface area (Å²) in [5.74, 6) is 0.955. The van der Waals surface area contributed by atoms with Gasteiger partial charge in [0.05, 0.1) is 0 Å². The summed E-state index contributed by atoms with van der Waals surface area (Å²) in [6.07, 6.45) is 7.13. The Morgan fingerprint density at radius 2 is 2.11 bits per heavy atom. The van der Waals surface area contributed by atoms with Gasteiger partial charge in [0.15, 0.2) is 0 Å². The van der Waals surface area contributed by atoms with Gasteiger partial charge in [-0.3, -0.25) is 4.98 Å². The first kappa shape index (κ1) is 13.5. The van der Waals surface area contributed by atoms with E-state index in [1.165, 1.54) is 25.7 Å². The first-order valence-corrected chi connectivity index (χ1v) is 7.19. The molecule has 1 saturated carbocycles. The van der Waals surface area contributed by atoms with Crippen LogP contribution in [-0.2, 0) is 0 Å². The summed E-state index contributed by atoms with van der Waals surface area (Å²) in [7, 11) is 0. The quantitative estimate of drug-likeness (QED) is 0.882. The monoisotopic (exact) mass is 246 g/mol. The van der Waals surface area contributed by atoms with Gasteiger partial charge in [-0.25, -0.2) is 0 Å². The lowest BCUT2D eigenvalue weighted by atomic mass is 9.64. The van der Waals surface area contributed by atoms with Gasteiger partial charge in [0.1, 0.15) is 0 Å². The van der Waals surface area contributed by atoms with Gasteiger partial charge in [-0.2, -0.15) is 0 Å². The van der Waals surface area contributed by atoms with Gasteiger partial charge in [0.2, 0.25) is 0 Å². The predicted octanol–water partition coefficient (Wildman–Crippen LogP) is 3.73. The van der Waals surface area contributed by atoms with Crippen LogP contribution in [0.25, 0.3) is 0 Å². The largest absolute Gasteiger partial charge is 0.327 e. The fourth-order valence-corrected chi connectivity index (χ4v) is 3.43. The molecular formula is C16H26N2. The zero-order valence-electron chi connectivity index (χ0n) is 11.9. The first-order valence-electron chi connectivity index (χ1n) is 7.19. The summed E-state index contributed by atoms with van der Waals surface area (Å²) in [4.78, 5) is 4.46. The molecule has 0 spiro atoms. The fourth-order valence-electron chi connectivity index (χ4n) is 3.43. The molecule has 0 aromatic carbocycles. The van der Waals surface area contributed by atoms with Crippen LogP contribution >= 0.6 is 0 Å². The van der Waals surface area contributed by atoms with E-state index in [0.717, 1.165) is 5.69 Å². The standard InChI is InChI=1S/C16H26N2/c1-12(14-9-5-7-11-18-14)15(17)13-8-4-6-10-16(13,2)3/h5,7,9,11-13,15H,4,6,8,10,17H2,1-3H3. The normalized spacial score (nSPS) is 26.6. The van der Waals surface area contributed by atoms with Gasteiger partial charge in [0.25, 0.3) is 0 Å². The molecule has 3 unspecified atom stereocenters. The van der Waals surface area contributed by atoms with E-state index in [0.29, 0.717) is 17.3 Å². The summed E-state index contributed by atoms with van der Waals surface area (Å²) in [6, 6.07) is 6.33. The summed E-state index contributed by atoms with van der Waals surface area (Å²) in [5.41, 5.74) is 8.07. The van der Waals surface area contributed by atoms with Gasteiger partial charge in [0, 0.05) is 23.9 Å². The molecule has 3 atom stereocenters. The average Bonchev–Trinajstić information content (AvgIpc) is 2.37. The molecule has 0 aliphatic heterocycles. The van der Waals surface area contributed by atoms with Crippen molar-refractivity contribution in [3.8, 4) is 0 Å². The summed E-state index contributed by atoms with van der Waals surface area (Å²) in [6.45, 7) is 6.97. The summed E-state index contributed by atoms with van der Waals surface area (Å²) in [5, 5.41) is 0. The number of pyridine rings is 1. The van der Waals surface area contributed by atoms with Gasteiger partial charge in [-0.15, -0.1) is 0 Å². The van der Waals surface area contributed by atoms with Crippen molar-refractivity contribution in [2.75, 3.05) is 0 Å². The Bertz CT molecular complexity index is 372. The Kier molecular flexibility index (Phi) is 4.06. The molecule has 2 rings (SSSR count). The van der Waals surface area contributed by atoms with E-state index < -0.39 is 0 Å². The van der Waals surface area contributed by atoms with Crippen LogP contribution in [0.15, 0.2) is 24.4 Å². The third-order valence-electron chi connectivity index (χ3n) is 4.79. The molecule has 0 saturated heterocycles. The van der Waals surface area contributed by atoms with E-state index in [4.69, 9.17) is 5.73 Å². The van der Waals surface area contributed by atoms with Crippen LogP contribution in [-0.4, -0.2) is 11.0 Å². The van der Waals surface area contributed by atoms with Crippen LogP contribution in [0.3, 0.4) is 0 Å². The topological polar surface area (TPSA) is 38.9 Å². The number of hydrogen-bond donors (Lipinski definition) is 1. The second-order valence-corrected chi connectivity index (χ2v) is 6.46. The number of rotatable bonds is 3. The van der Waals surface area contributed by atoms with E-state index in [2.05, 4.69) is 37.9 Å². The second kappa shape index (κ2) is 5.40. The Morgan fingerprint density at radius 1 is 1.33 bits per heavy atom. The molecule has 0 amide bonds. The third kappa shape index (κ3) is 2.74. The van der Waals surface area contributed by atoms with E-state index in [-0.39, 0.29) is 6.04 Å². The van der Waals surface area contributed by atoms with Crippen molar-refractivity contribution in [3.05, 3.63) is 30.1 Å². The molecule has 1 aromatic heterocycles. The number of hydrogen-bond acceptors (Lipinski definition) is 2. The Morgan fingerprint density at radius 3 is 2.72 bits per heavy atom. The fraction of sp³-hybridized carbons (Fsp3) is 0.688. The lowest BCUT2D eigenvalue weighted by Gasteiger charge is -2.43. The highest BCUT2D eigenvalue weighted by atomic mass is 14.7. The van der Waals surface area contributed by atoms with E-state index in [1.54, 1.807) is 0 Å². The van der Waals surface area contributed by atoms with Crippen LogP contribution < -0.4 is 5.73 Å². The molecule has 2 N–H and O–H groups in total. The molecule has 1 aliphatic carbocycles. The molecule has 100 valence electrons. The third-order valence-corrected chi connectivity index (χ3v) is 4.79. The van der Waals surface area contributed by atoms with Crippen molar-refractivity contribution in [2.24, 2.45) is 17.1 Å². The van der Waals surface area contributed by atoms with E-state index >= 15 is 0 Å². The molecule has 0 radical (unpaired) electrons. The smallest absolute Gasteiger partial charge is 0.0447 e. The van der Waals surface area contributed by atoms with Crippen LogP contribution in [0, 0.1) is 11.3 Å². The van der Waals surface area contributed by atoms with Crippen molar-refractivity contribution < 1.29 is 0 Å². The molecule has 1 fully saturated rings. The van der Waals surface area contributed by atoms with Crippen LogP contribution in [0.1, 0.15) is 58.1 Å². The van der Waals surface area contributed by atoms with Crippen molar-refractivity contribution >= 4 is 0 Å². The van der Waals surface area contributed by atoms with Crippen molar-refractivity contribution in [1.29, 1.82) is 0 Å². The maximum Gasteiger partial charge on any atom is 0.0447 e. The van der Waals surface area contributed by atoms with Crippen molar-refractivity contribution in [2.45, 2.75) is 58.4 Å². The lowest BCUT2D eigenvalue weighted by Crippen LogP contribution is -2.44. The number of aromatic nitrogens is 1. The zero-order valence-corrected chi connectivity index (χ0v) is 11.9. The van der Waals surface area contributed by atoms with Gasteiger partial charge >= 0.3 is 0 Å². The minimum Gasteiger partial charge on any atom is -0.327 e. The lowest BCUT2D eigenvalue weighted by molar-refractivity contribution is 0.104. The second-order valence-electron chi connectivity index (χ2n) is 6.46. The van der Waals surface area contributed by atoms with Gasteiger partial charge in [-0.1, -0.05) is 39.7 Å². The summed E-state index contributed by atoms with van der Waals surface area (Å²) < 4.78 is 0. The molecule has 2 nitrogen and oxygen atoms in total. The number of nitrogens with two attached hydrogens (primary N) is 1. The molecule has 1 aromatic rings. The highest BCUT2D eigenvalue weighted by Crippen LogP contribution is 2.44. The van der Waals surface area contributed by atoms with E-state index in [9.17, 15) is 0 Å². The molecular weight excluding hydrogens is 220 g/mol. The van der Waals surface area contributed by atoms with Crippen LogP contribution in [0.2, 0.25) is 0 Å². The minimum atomic E-state index is 0.218. The van der Waals surface area contributed by atoms with Gasteiger partial charge in [-0.05, 0) is 36.3 Å². The molecule has 18 heavy (non-hydrogen) atoms. The highest BCUT2D eigenvalue weighted by molar-refractivity contribution is 5.12.